The van der Waals surface area contributed by atoms with Gasteiger partial charge in [-0.25, -0.2) is 0 Å². The van der Waals surface area contributed by atoms with Gasteiger partial charge in [0.25, 0.3) is 0 Å². The van der Waals surface area contributed by atoms with Crippen LogP contribution in [-0.2, 0) is 18.4 Å². The third kappa shape index (κ3) is 2.43. The first-order chi connectivity index (χ1) is 17.7. The Hall–Kier alpha value is -2.57. The Balaban J connectivity index is 1.17. The van der Waals surface area contributed by atoms with E-state index in [4.69, 9.17) is 4.74 Å². The van der Waals surface area contributed by atoms with E-state index in [2.05, 4.69) is 44.3 Å². The molecule has 6 heteroatoms. The topological polar surface area (TPSA) is 64.6 Å². The van der Waals surface area contributed by atoms with Crippen molar-refractivity contribution in [3.63, 3.8) is 0 Å². The number of likely N-dealkylation sites (tertiary alicyclic amines) is 1. The first kappa shape index (κ1) is 20.5. The third-order valence-corrected chi connectivity index (χ3v) is 11.2. The summed E-state index contributed by atoms with van der Waals surface area (Å²) in [6.45, 7) is 4.54. The molecule has 2 N–H and O–H groups in total. The monoisotopic (exact) mass is 482 g/mol. The van der Waals surface area contributed by atoms with Crippen LogP contribution in [0.1, 0.15) is 55.2 Å². The van der Waals surface area contributed by atoms with Crippen LogP contribution in [0.5, 0.6) is 11.5 Å². The second-order valence-corrected chi connectivity index (χ2v) is 12.6. The van der Waals surface area contributed by atoms with Gasteiger partial charge in [-0.05, 0) is 87.2 Å². The first-order valence-electron chi connectivity index (χ1n) is 14.1. The molecule has 7 aliphatic rings. The molecule has 5 heterocycles. The van der Waals surface area contributed by atoms with Crippen LogP contribution in [0.25, 0.3) is 10.9 Å². The molecule has 2 saturated carbocycles. The summed E-state index contributed by atoms with van der Waals surface area (Å²) in [5.41, 5.74) is 5.60. The number of H-pyrrole nitrogens is 1. The SMILES string of the molecule is Oc1ccc2c3c1O[C@H]1[C@H]4CC[C@@]5(CCN4Cc4ccc6cn[nH]c6c4)[C@H](C2)N(CC2CC2)CC[C@]315. The smallest absolute Gasteiger partial charge is 0.165 e. The van der Waals surface area contributed by atoms with Gasteiger partial charge in [0.05, 0.1) is 11.7 Å². The lowest BCUT2D eigenvalue weighted by Crippen LogP contribution is -2.72. The number of rotatable bonds is 4. The Bertz CT molecular complexity index is 1400. The first-order valence-corrected chi connectivity index (χ1v) is 14.1. The van der Waals surface area contributed by atoms with Crippen molar-refractivity contribution in [2.75, 3.05) is 19.6 Å². The highest BCUT2D eigenvalue weighted by molar-refractivity contribution is 5.78. The zero-order chi connectivity index (χ0) is 23.6. The number of phenols is 1. The average Bonchev–Trinajstić information content (AvgIpc) is 3.53. The molecule has 3 saturated heterocycles. The van der Waals surface area contributed by atoms with Crippen molar-refractivity contribution in [1.29, 1.82) is 0 Å². The summed E-state index contributed by atoms with van der Waals surface area (Å²) in [5.74, 6) is 2.09. The standard InChI is InChI=1S/C30H34N4O2/c35-24-6-5-20-14-25-29-8-7-23(33(11-9-29)17-19-3-4-21-15-31-32-22(21)13-19)28-30(29,26(20)27(24)36-28)10-12-34(25)16-18-1-2-18/h3-6,13,15,18,23,25,28,35H,1-2,7-12,14,16-17H2,(H,31,32)/t23-,25+,28+,29-,30+/m1/s1. The summed E-state index contributed by atoms with van der Waals surface area (Å²) in [6.07, 6.45) is 10.9. The van der Waals surface area contributed by atoms with E-state index >= 15 is 0 Å². The van der Waals surface area contributed by atoms with Crippen LogP contribution in [0.3, 0.4) is 0 Å². The highest BCUT2D eigenvalue weighted by Crippen LogP contribution is 2.71. The predicted octanol–water partition coefficient (Wildman–Crippen LogP) is 4.36. The molecule has 3 aromatic rings. The largest absolute Gasteiger partial charge is 0.504 e. The maximum atomic E-state index is 11.0. The highest BCUT2D eigenvalue weighted by Gasteiger charge is 2.74. The number of aromatic nitrogens is 2. The van der Waals surface area contributed by atoms with Gasteiger partial charge in [0.1, 0.15) is 6.10 Å². The van der Waals surface area contributed by atoms with Crippen LogP contribution in [0.4, 0.5) is 0 Å². The number of ether oxygens (including phenoxy) is 1. The fraction of sp³-hybridized carbons (Fsp3) is 0.567. The number of piperidine rings is 1. The van der Waals surface area contributed by atoms with Crippen LogP contribution in [-0.4, -0.2) is 62.9 Å². The van der Waals surface area contributed by atoms with Crippen molar-refractivity contribution >= 4 is 10.9 Å². The number of aromatic amines is 1. The number of nitrogens with zero attached hydrogens (tertiary/aromatic N) is 3. The van der Waals surface area contributed by atoms with Crippen molar-refractivity contribution in [2.45, 2.75) is 75.1 Å². The minimum Gasteiger partial charge on any atom is -0.504 e. The molecule has 0 radical (unpaired) electrons. The Morgan fingerprint density at radius 1 is 1.06 bits per heavy atom. The highest BCUT2D eigenvalue weighted by atomic mass is 16.5. The maximum absolute atomic E-state index is 11.0. The zero-order valence-corrected chi connectivity index (χ0v) is 20.7. The van der Waals surface area contributed by atoms with Crippen LogP contribution >= 0.6 is 0 Å². The predicted molar refractivity (Wildman–Crippen MR) is 137 cm³/mol. The van der Waals surface area contributed by atoms with Crippen molar-refractivity contribution in [1.82, 2.24) is 20.0 Å². The maximum Gasteiger partial charge on any atom is 0.165 e. The Morgan fingerprint density at radius 2 is 1.97 bits per heavy atom. The molecule has 4 bridgehead atoms. The molecule has 5 atom stereocenters. The van der Waals surface area contributed by atoms with Crippen LogP contribution < -0.4 is 4.74 Å². The quantitative estimate of drug-likeness (QED) is 0.579. The van der Waals surface area contributed by atoms with Crippen molar-refractivity contribution < 1.29 is 9.84 Å². The van der Waals surface area contributed by atoms with Gasteiger partial charge in [0.15, 0.2) is 11.5 Å². The molecule has 2 spiro atoms. The number of fused-ring (bicyclic) bond motifs is 4. The fourth-order valence-corrected chi connectivity index (χ4v) is 9.58. The van der Waals surface area contributed by atoms with E-state index in [-0.39, 0.29) is 16.9 Å². The molecule has 4 aliphatic heterocycles. The van der Waals surface area contributed by atoms with E-state index in [1.165, 1.54) is 73.7 Å². The Labute approximate surface area is 211 Å². The molecular formula is C30H34N4O2. The molecule has 186 valence electrons. The minimum absolute atomic E-state index is 0.0460. The Kier molecular flexibility index (Phi) is 3.89. The van der Waals surface area contributed by atoms with Gasteiger partial charge in [-0.3, -0.25) is 14.9 Å². The molecule has 3 aliphatic carbocycles. The number of phenolic OH excluding ortho intramolecular Hbond substituents is 1. The fourth-order valence-electron chi connectivity index (χ4n) is 9.58. The van der Waals surface area contributed by atoms with Gasteiger partial charge < -0.3 is 9.84 Å². The van der Waals surface area contributed by atoms with Gasteiger partial charge in [0, 0.05) is 47.0 Å². The molecule has 0 amide bonds. The average molecular weight is 483 g/mol. The molecule has 6 nitrogen and oxygen atoms in total. The van der Waals surface area contributed by atoms with E-state index < -0.39 is 0 Å². The van der Waals surface area contributed by atoms with Crippen molar-refractivity contribution in [2.24, 2.45) is 11.3 Å². The molecule has 1 aromatic heterocycles. The van der Waals surface area contributed by atoms with Crippen LogP contribution in [0.2, 0.25) is 0 Å². The molecule has 5 fully saturated rings. The summed E-state index contributed by atoms with van der Waals surface area (Å²) in [5, 5.41) is 19.5. The molecule has 10 rings (SSSR count). The summed E-state index contributed by atoms with van der Waals surface area (Å²) in [7, 11) is 0. The van der Waals surface area contributed by atoms with Gasteiger partial charge >= 0.3 is 0 Å². The van der Waals surface area contributed by atoms with Gasteiger partial charge in [-0.2, -0.15) is 5.10 Å². The molecule has 2 aromatic carbocycles. The summed E-state index contributed by atoms with van der Waals surface area (Å²) < 4.78 is 6.95. The van der Waals surface area contributed by atoms with Crippen LogP contribution in [0.15, 0.2) is 36.5 Å². The van der Waals surface area contributed by atoms with E-state index in [0.29, 0.717) is 17.8 Å². The van der Waals surface area contributed by atoms with Crippen molar-refractivity contribution in [3.05, 3.63) is 53.2 Å². The number of nitrogens with one attached hydrogen (secondary N) is 1. The second kappa shape index (κ2) is 6.84. The number of hydrogen-bond acceptors (Lipinski definition) is 5. The molecular weight excluding hydrogens is 448 g/mol. The lowest BCUT2D eigenvalue weighted by Gasteiger charge is -2.66. The third-order valence-electron chi connectivity index (χ3n) is 11.2. The summed E-state index contributed by atoms with van der Waals surface area (Å²) >= 11 is 0. The van der Waals surface area contributed by atoms with E-state index in [1.807, 2.05) is 12.3 Å². The minimum atomic E-state index is 0.0460. The number of aromatic hydroxyl groups is 1. The van der Waals surface area contributed by atoms with E-state index in [0.717, 1.165) is 36.7 Å². The lowest BCUT2D eigenvalue weighted by atomic mass is 9.42. The molecule has 36 heavy (non-hydrogen) atoms. The van der Waals surface area contributed by atoms with Gasteiger partial charge in [0.2, 0.25) is 0 Å². The number of hydrogen-bond donors (Lipinski definition) is 2. The number of benzene rings is 2. The summed E-state index contributed by atoms with van der Waals surface area (Å²) in [6, 6.07) is 11.8. The summed E-state index contributed by atoms with van der Waals surface area (Å²) in [4.78, 5) is 5.63. The zero-order valence-electron chi connectivity index (χ0n) is 20.7. The normalized spacial score (nSPS) is 36.6. The van der Waals surface area contributed by atoms with Gasteiger partial charge in [-0.1, -0.05) is 18.2 Å². The lowest BCUT2D eigenvalue weighted by molar-refractivity contribution is -0.130. The Morgan fingerprint density at radius 3 is 2.89 bits per heavy atom. The van der Waals surface area contributed by atoms with Gasteiger partial charge in [-0.15, -0.1) is 0 Å². The second-order valence-electron chi connectivity index (χ2n) is 12.6. The molecule has 0 unspecified atom stereocenters. The van der Waals surface area contributed by atoms with E-state index in [9.17, 15) is 5.11 Å². The van der Waals surface area contributed by atoms with Crippen molar-refractivity contribution in [3.8, 4) is 11.5 Å². The van der Waals surface area contributed by atoms with Crippen LogP contribution in [0, 0.1) is 11.3 Å². The van der Waals surface area contributed by atoms with E-state index in [1.54, 1.807) is 0 Å².